The lowest BCUT2D eigenvalue weighted by atomic mass is 10.1. The molecule has 1 saturated heterocycles. The summed E-state index contributed by atoms with van der Waals surface area (Å²) in [6.45, 7) is 7.28. The highest BCUT2D eigenvalue weighted by Crippen LogP contribution is 2.24. The van der Waals surface area contributed by atoms with Gasteiger partial charge in [-0.15, -0.1) is 0 Å². The van der Waals surface area contributed by atoms with Gasteiger partial charge in [-0.1, -0.05) is 6.07 Å². The molecule has 0 aromatic heterocycles. The van der Waals surface area contributed by atoms with E-state index in [0.717, 1.165) is 5.56 Å². The Morgan fingerprint density at radius 2 is 2.04 bits per heavy atom. The molecule has 0 amide bonds. The summed E-state index contributed by atoms with van der Waals surface area (Å²) >= 11 is 0. The predicted molar refractivity (Wildman–Crippen MR) is 109 cm³/mol. The second-order valence-corrected chi connectivity index (χ2v) is 9.94. The Bertz CT molecular complexity index is 849. The van der Waals surface area contributed by atoms with Crippen molar-refractivity contribution in [3.05, 3.63) is 29.3 Å². The van der Waals surface area contributed by atoms with Crippen LogP contribution in [0.1, 0.15) is 36.7 Å². The first-order valence-electron chi connectivity index (χ1n) is 9.16. The van der Waals surface area contributed by atoms with Gasteiger partial charge in [-0.2, -0.15) is 0 Å². The molecule has 156 valence electrons. The molecule has 1 heterocycles. The molecule has 0 bridgehead atoms. The van der Waals surface area contributed by atoms with Crippen molar-refractivity contribution in [1.82, 2.24) is 10.2 Å². The SMILES string of the molecule is CCNC(=NCc1ccc(C(=O)OC)c(OC)c1)N1CCS(=O)(=O)C(C)(C)C1. The molecule has 1 aliphatic rings. The topological polar surface area (TPSA) is 97.3 Å². The minimum atomic E-state index is -3.12. The second-order valence-electron chi connectivity index (χ2n) is 7.20. The summed E-state index contributed by atoms with van der Waals surface area (Å²) in [6.07, 6.45) is 0. The number of carbonyl (C=O) groups excluding carboxylic acids is 1. The van der Waals surface area contributed by atoms with Crippen molar-refractivity contribution in [2.24, 2.45) is 4.99 Å². The number of aliphatic imine (C=N–C) groups is 1. The normalized spacial score (nSPS) is 18.5. The van der Waals surface area contributed by atoms with Gasteiger partial charge in [-0.05, 0) is 38.5 Å². The first-order valence-corrected chi connectivity index (χ1v) is 10.8. The Labute approximate surface area is 166 Å². The molecule has 1 N–H and O–H groups in total. The Hall–Kier alpha value is -2.29. The van der Waals surface area contributed by atoms with Crippen LogP contribution < -0.4 is 10.1 Å². The molecule has 0 atom stereocenters. The van der Waals surface area contributed by atoms with E-state index in [9.17, 15) is 13.2 Å². The summed E-state index contributed by atoms with van der Waals surface area (Å²) in [5, 5.41) is 3.23. The van der Waals surface area contributed by atoms with E-state index in [2.05, 4.69) is 10.3 Å². The van der Waals surface area contributed by atoms with Crippen molar-refractivity contribution in [2.75, 3.05) is 39.6 Å². The van der Waals surface area contributed by atoms with Crippen LogP contribution in [-0.2, 0) is 21.1 Å². The fourth-order valence-corrected chi connectivity index (χ4v) is 4.39. The minimum Gasteiger partial charge on any atom is -0.496 e. The maximum atomic E-state index is 12.3. The molecule has 0 spiro atoms. The number of sulfone groups is 1. The van der Waals surface area contributed by atoms with Crippen LogP contribution >= 0.6 is 0 Å². The van der Waals surface area contributed by atoms with Crippen molar-refractivity contribution in [3.8, 4) is 5.75 Å². The Balaban J connectivity index is 2.22. The zero-order valence-corrected chi connectivity index (χ0v) is 17.9. The minimum absolute atomic E-state index is 0.103. The number of carbonyl (C=O) groups is 1. The first kappa shape index (κ1) is 22.0. The Morgan fingerprint density at radius 1 is 1.32 bits per heavy atom. The number of benzene rings is 1. The molecule has 0 unspecified atom stereocenters. The summed E-state index contributed by atoms with van der Waals surface area (Å²) in [4.78, 5) is 18.4. The van der Waals surface area contributed by atoms with Crippen LogP contribution in [0.5, 0.6) is 5.75 Å². The van der Waals surface area contributed by atoms with Gasteiger partial charge < -0.3 is 19.7 Å². The van der Waals surface area contributed by atoms with Crippen molar-refractivity contribution in [2.45, 2.75) is 32.1 Å². The van der Waals surface area contributed by atoms with E-state index in [1.54, 1.807) is 32.0 Å². The van der Waals surface area contributed by atoms with Gasteiger partial charge in [0, 0.05) is 19.6 Å². The van der Waals surface area contributed by atoms with E-state index >= 15 is 0 Å². The van der Waals surface area contributed by atoms with Crippen LogP contribution in [0.25, 0.3) is 0 Å². The van der Waals surface area contributed by atoms with Gasteiger partial charge >= 0.3 is 5.97 Å². The molecular weight excluding hydrogens is 382 g/mol. The molecule has 0 saturated carbocycles. The average molecular weight is 412 g/mol. The summed E-state index contributed by atoms with van der Waals surface area (Å²) in [6, 6.07) is 5.20. The number of rotatable bonds is 5. The van der Waals surface area contributed by atoms with E-state index in [4.69, 9.17) is 9.47 Å². The van der Waals surface area contributed by atoms with Crippen molar-refractivity contribution >= 4 is 21.8 Å². The number of nitrogens with one attached hydrogen (secondary N) is 1. The van der Waals surface area contributed by atoms with Crippen LogP contribution in [-0.4, -0.2) is 69.6 Å². The number of hydrogen-bond acceptors (Lipinski definition) is 6. The van der Waals surface area contributed by atoms with E-state index in [0.29, 0.717) is 43.5 Å². The molecule has 9 heteroatoms. The maximum absolute atomic E-state index is 12.3. The average Bonchev–Trinajstić information content (AvgIpc) is 2.66. The molecule has 0 radical (unpaired) electrons. The first-order chi connectivity index (χ1) is 13.1. The van der Waals surface area contributed by atoms with Gasteiger partial charge in [0.2, 0.25) is 0 Å². The third-order valence-electron chi connectivity index (χ3n) is 4.76. The second kappa shape index (κ2) is 8.81. The number of ether oxygens (including phenoxy) is 2. The zero-order chi connectivity index (χ0) is 20.9. The molecule has 1 fully saturated rings. The van der Waals surface area contributed by atoms with Crippen LogP contribution in [0, 0.1) is 0 Å². The van der Waals surface area contributed by atoms with Crippen molar-refractivity contribution in [3.63, 3.8) is 0 Å². The zero-order valence-electron chi connectivity index (χ0n) is 17.1. The molecule has 0 aliphatic carbocycles. The third kappa shape index (κ3) is 4.76. The lowest BCUT2D eigenvalue weighted by Crippen LogP contribution is -2.57. The molecule has 8 nitrogen and oxygen atoms in total. The number of guanidine groups is 1. The third-order valence-corrected chi connectivity index (χ3v) is 7.29. The van der Waals surface area contributed by atoms with Crippen LogP contribution in [0.15, 0.2) is 23.2 Å². The van der Waals surface area contributed by atoms with Gasteiger partial charge in [0.25, 0.3) is 0 Å². The molecule has 1 aliphatic heterocycles. The van der Waals surface area contributed by atoms with Crippen LogP contribution in [0.3, 0.4) is 0 Å². The maximum Gasteiger partial charge on any atom is 0.341 e. The highest BCUT2D eigenvalue weighted by Gasteiger charge is 2.40. The largest absolute Gasteiger partial charge is 0.496 e. The fourth-order valence-electron chi connectivity index (χ4n) is 3.03. The van der Waals surface area contributed by atoms with Crippen LogP contribution in [0.2, 0.25) is 0 Å². The quantitative estimate of drug-likeness (QED) is 0.445. The standard InChI is InChI=1S/C19H29N3O5S/c1-6-20-18(22-9-10-28(24,25)19(2,3)13-22)21-12-14-7-8-15(17(23)27-5)16(11-14)26-4/h7-8,11H,6,9-10,12-13H2,1-5H3,(H,20,21). The number of esters is 1. The summed E-state index contributed by atoms with van der Waals surface area (Å²) in [5.41, 5.74) is 1.22. The lowest BCUT2D eigenvalue weighted by Gasteiger charge is -2.39. The van der Waals surface area contributed by atoms with E-state index in [1.165, 1.54) is 14.2 Å². The molecule has 2 rings (SSSR count). The molecule has 1 aromatic rings. The molecular formula is C19H29N3O5S. The summed E-state index contributed by atoms with van der Waals surface area (Å²) in [5.74, 6) is 0.736. The van der Waals surface area contributed by atoms with E-state index < -0.39 is 20.6 Å². The van der Waals surface area contributed by atoms with Gasteiger partial charge in [-0.25, -0.2) is 18.2 Å². The number of nitrogens with zero attached hydrogens (tertiary/aromatic N) is 2. The highest BCUT2D eigenvalue weighted by molar-refractivity contribution is 7.92. The van der Waals surface area contributed by atoms with Gasteiger partial charge in [-0.3, -0.25) is 0 Å². The van der Waals surface area contributed by atoms with Crippen LogP contribution in [0.4, 0.5) is 0 Å². The van der Waals surface area contributed by atoms with Gasteiger partial charge in [0.15, 0.2) is 15.8 Å². The number of methoxy groups -OCH3 is 2. The summed E-state index contributed by atoms with van der Waals surface area (Å²) in [7, 11) is -0.301. The van der Waals surface area contributed by atoms with E-state index in [1.807, 2.05) is 11.8 Å². The predicted octanol–water partition coefficient (Wildman–Crippen LogP) is 1.46. The Kier molecular flexibility index (Phi) is 6.92. The highest BCUT2D eigenvalue weighted by atomic mass is 32.2. The fraction of sp³-hybridized carbons (Fsp3) is 0.579. The Morgan fingerprint density at radius 3 is 2.61 bits per heavy atom. The molecule has 28 heavy (non-hydrogen) atoms. The molecule has 1 aromatic carbocycles. The smallest absolute Gasteiger partial charge is 0.341 e. The van der Waals surface area contributed by atoms with Gasteiger partial charge in [0.05, 0.1) is 31.3 Å². The van der Waals surface area contributed by atoms with Crippen molar-refractivity contribution in [1.29, 1.82) is 0 Å². The monoisotopic (exact) mass is 411 g/mol. The lowest BCUT2D eigenvalue weighted by molar-refractivity contribution is 0.0597. The van der Waals surface area contributed by atoms with E-state index in [-0.39, 0.29) is 5.75 Å². The van der Waals surface area contributed by atoms with Crippen molar-refractivity contribution < 1.29 is 22.7 Å². The summed E-state index contributed by atoms with van der Waals surface area (Å²) < 4.78 is 33.7. The number of hydrogen-bond donors (Lipinski definition) is 1. The van der Waals surface area contributed by atoms with Gasteiger partial charge in [0.1, 0.15) is 11.3 Å².